The summed E-state index contributed by atoms with van der Waals surface area (Å²) in [5.41, 5.74) is 0. The highest BCUT2D eigenvalue weighted by atomic mass is 79.9. The number of hydrogen-bond donors (Lipinski definition) is 1. The van der Waals surface area contributed by atoms with Gasteiger partial charge in [-0.15, -0.1) is 0 Å². The number of carboxylic acid groups (broad SMARTS) is 1. The Labute approximate surface area is 91.3 Å². The molecule has 1 aliphatic heterocycles. The summed E-state index contributed by atoms with van der Waals surface area (Å²) in [6, 6.07) is 0. The molecular formula is C7H12BrNO4S. The Bertz CT molecular complexity index is 316. The monoisotopic (exact) mass is 285 g/mol. The van der Waals surface area contributed by atoms with Crippen LogP contribution in [0.3, 0.4) is 0 Å². The fourth-order valence-corrected chi connectivity index (χ4v) is 3.29. The van der Waals surface area contributed by atoms with Crippen LogP contribution in [0.25, 0.3) is 0 Å². The molecule has 82 valence electrons. The van der Waals surface area contributed by atoms with Gasteiger partial charge in [0.15, 0.2) is 0 Å². The van der Waals surface area contributed by atoms with Gasteiger partial charge in [-0.1, -0.05) is 15.9 Å². The summed E-state index contributed by atoms with van der Waals surface area (Å²) < 4.78 is 23.9. The number of carbonyl (C=O) groups is 1. The van der Waals surface area contributed by atoms with E-state index in [0.717, 1.165) is 0 Å². The fraction of sp³-hybridized carbons (Fsp3) is 0.857. The van der Waals surface area contributed by atoms with E-state index in [2.05, 4.69) is 15.9 Å². The average Bonchev–Trinajstić information content (AvgIpc) is 2.18. The third-order valence-electron chi connectivity index (χ3n) is 2.26. The van der Waals surface area contributed by atoms with Crippen LogP contribution in [0, 0.1) is 5.92 Å². The van der Waals surface area contributed by atoms with E-state index < -0.39 is 21.9 Å². The second-order valence-corrected chi connectivity index (χ2v) is 6.53. The first kappa shape index (κ1) is 11.9. The molecule has 5 nitrogen and oxygen atoms in total. The van der Waals surface area contributed by atoms with Crippen molar-refractivity contribution in [2.45, 2.75) is 12.8 Å². The highest BCUT2D eigenvalue weighted by molar-refractivity contribution is 9.10. The van der Waals surface area contributed by atoms with Crippen molar-refractivity contribution in [3.05, 3.63) is 0 Å². The van der Waals surface area contributed by atoms with Gasteiger partial charge in [0.25, 0.3) is 0 Å². The number of rotatable bonds is 3. The number of sulfonamides is 1. The first-order valence-corrected chi connectivity index (χ1v) is 6.97. The van der Waals surface area contributed by atoms with E-state index in [1.54, 1.807) is 0 Å². The van der Waals surface area contributed by atoms with Crippen molar-refractivity contribution in [2.24, 2.45) is 5.92 Å². The normalized spacial score (nSPS) is 24.8. The third-order valence-corrected chi connectivity index (χ3v) is 5.39. The molecule has 1 fully saturated rings. The Hall–Kier alpha value is -0.140. The Morgan fingerprint density at radius 3 is 2.71 bits per heavy atom. The predicted molar refractivity (Wildman–Crippen MR) is 54.6 cm³/mol. The van der Waals surface area contributed by atoms with E-state index in [9.17, 15) is 13.2 Å². The maximum absolute atomic E-state index is 11.4. The van der Waals surface area contributed by atoms with Crippen LogP contribution in [-0.4, -0.2) is 41.6 Å². The van der Waals surface area contributed by atoms with Gasteiger partial charge >= 0.3 is 5.97 Å². The molecule has 1 rings (SSSR count). The number of aliphatic carboxylic acids is 1. The summed E-state index contributed by atoms with van der Waals surface area (Å²) in [6.45, 7) is 0.529. The van der Waals surface area contributed by atoms with Crippen molar-refractivity contribution >= 4 is 31.9 Å². The second kappa shape index (κ2) is 4.59. The molecule has 0 aromatic heterocycles. The second-order valence-electron chi connectivity index (χ2n) is 3.26. The standard InChI is InChI=1S/C7H12BrNO4S/c8-5-14(12,13)9-3-1-2-6(4-9)7(10)11/h6H,1-5H2,(H,10,11). The van der Waals surface area contributed by atoms with Crippen molar-refractivity contribution in [2.75, 3.05) is 17.8 Å². The molecule has 0 radical (unpaired) electrons. The lowest BCUT2D eigenvalue weighted by atomic mass is 10.0. The molecule has 14 heavy (non-hydrogen) atoms. The van der Waals surface area contributed by atoms with Gasteiger partial charge in [0.1, 0.15) is 4.66 Å². The summed E-state index contributed by atoms with van der Waals surface area (Å²) >= 11 is 2.89. The molecule has 0 amide bonds. The Kier molecular flexibility index (Phi) is 3.91. The molecule has 0 bridgehead atoms. The molecule has 0 saturated carbocycles. The number of hydrogen-bond acceptors (Lipinski definition) is 3. The first-order valence-electron chi connectivity index (χ1n) is 4.24. The topological polar surface area (TPSA) is 74.7 Å². The molecule has 1 heterocycles. The number of carboxylic acids is 1. The van der Waals surface area contributed by atoms with E-state index in [4.69, 9.17) is 5.11 Å². The van der Waals surface area contributed by atoms with Crippen LogP contribution in [0.1, 0.15) is 12.8 Å². The summed E-state index contributed by atoms with van der Waals surface area (Å²) in [5, 5.41) is 8.76. The van der Waals surface area contributed by atoms with E-state index in [1.807, 2.05) is 0 Å². The van der Waals surface area contributed by atoms with Gasteiger partial charge < -0.3 is 5.11 Å². The molecule has 1 N–H and O–H groups in total. The lowest BCUT2D eigenvalue weighted by Crippen LogP contribution is -2.42. The molecule has 1 aliphatic rings. The highest BCUT2D eigenvalue weighted by Gasteiger charge is 2.31. The Morgan fingerprint density at radius 2 is 2.21 bits per heavy atom. The van der Waals surface area contributed by atoms with Gasteiger partial charge in [0.05, 0.1) is 5.92 Å². The van der Waals surface area contributed by atoms with Crippen molar-refractivity contribution in [3.8, 4) is 0 Å². The van der Waals surface area contributed by atoms with Gasteiger partial charge in [-0.2, -0.15) is 0 Å². The van der Waals surface area contributed by atoms with Gasteiger partial charge in [-0.25, -0.2) is 12.7 Å². The number of piperidine rings is 1. The maximum Gasteiger partial charge on any atom is 0.307 e. The molecule has 0 aromatic carbocycles. The lowest BCUT2D eigenvalue weighted by molar-refractivity contribution is -0.142. The van der Waals surface area contributed by atoms with E-state index in [-0.39, 0.29) is 11.2 Å². The zero-order valence-electron chi connectivity index (χ0n) is 7.52. The molecule has 0 aliphatic carbocycles. The number of alkyl halides is 1. The van der Waals surface area contributed by atoms with Gasteiger partial charge in [-0.05, 0) is 12.8 Å². The van der Waals surface area contributed by atoms with Crippen LogP contribution in [0.5, 0.6) is 0 Å². The minimum Gasteiger partial charge on any atom is -0.481 e. The van der Waals surface area contributed by atoms with E-state index in [0.29, 0.717) is 19.4 Å². The zero-order valence-corrected chi connectivity index (χ0v) is 9.92. The minimum absolute atomic E-state index is 0.100. The molecule has 1 unspecified atom stereocenters. The average molecular weight is 286 g/mol. The van der Waals surface area contributed by atoms with Crippen LogP contribution in [-0.2, 0) is 14.8 Å². The number of halogens is 1. The Morgan fingerprint density at radius 1 is 1.57 bits per heavy atom. The largest absolute Gasteiger partial charge is 0.481 e. The van der Waals surface area contributed by atoms with Crippen LogP contribution < -0.4 is 0 Å². The first-order chi connectivity index (χ1) is 6.47. The van der Waals surface area contributed by atoms with Crippen molar-refractivity contribution in [1.82, 2.24) is 4.31 Å². The van der Waals surface area contributed by atoms with Crippen LogP contribution >= 0.6 is 15.9 Å². The molecule has 7 heteroatoms. The zero-order chi connectivity index (χ0) is 10.8. The van der Waals surface area contributed by atoms with Crippen molar-refractivity contribution < 1.29 is 18.3 Å². The van der Waals surface area contributed by atoms with E-state index in [1.165, 1.54) is 4.31 Å². The van der Waals surface area contributed by atoms with Crippen LogP contribution in [0.15, 0.2) is 0 Å². The fourth-order valence-electron chi connectivity index (χ4n) is 1.47. The van der Waals surface area contributed by atoms with Gasteiger partial charge in [0, 0.05) is 13.1 Å². The quantitative estimate of drug-likeness (QED) is 0.765. The molecule has 1 atom stereocenters. The van der Waals surface area contributed by atoms with Gasteiger partial charge in [-0.3, -0.25) is 4.79 Å². The highest BCUT2D eigenvalue weighted by Crippen LogP contribution is 2.20. The van der Waals surface area contributed by atoms with Crippen molar-refractivity contribution in [1.29, 1.82) is 0 Å². The predicted octanol–water partition coefficient (Wildman–Crippen LogP) is 0.465. The minimum atomic E-state index is -3.30. The molecular weight excluding hydrogens is 274 g/mol. The van der Waals surface area contributed by atoms with Crippen LogP contribution in [0.2, 0.25) is 0 Å². The summed E-state index contributed by atoms with van der Waals surface area (Å²) in [6.07, 6.45) is 1.17. The summed E-state index contributed by atoms with van der Waals surface area (Å²) in [4.78, 5) is 10.7. The molecule has 1 saturated heterocycles. The van der Waals surface area contributed by atoms with Crippen LogP contribution in [0.4, 0.5) is 0 Å². The van der Waals surface area contributed by atoms with Gasteiger partial charge in [0.2, 0.25) is 10.0 Å². The van der Waals surface area contributed by atoms with Crippen molar-refractivity contribution in [3.63, 3.8) is 0 Å². The SMILES string of the molecule is O=C(O)C1CCCN(S(=O)(=O)CBr)C1. The Balaban J connectivity index is 2.70. The summed E-state index contributed by atoms with van der Waals surface area (Å²) in [7, 11) is -3.30. The smallest absolute Gasteiger partial charge is 0.307 e. The lowest BCUT2D eigenvalue weighted by Gasteiger charge is -2.29. The molecule has 0 spiro atoms. The number of nitrogens with zero attached hydrogens (tertiary/aromatic N) is 1. The van der Waals surface area contributed by atoms with E-state index >= 15 is 0 Å². The summed E-state index contributed by atoms with van der Waals surface area (Å²) in [5.74, 6) is -1.47. The maximum atomic E-state index is 11.4. The third kappa shape index (κ3) is 2.68. The molecule has 0 aromatic rings.